The van der Waals surface area contributed by atoms with Crippen LogP contribution in [0.2, 0.25) is 20.1 Å². The van der Waals surface area contributed by atoms with E-state index >= 15 is 0 Å². The van der Waals surface area contributed by atoms with Gasteiger partial charge in [0, 0.05) is 96.6 Å². The summed E-state index contributed by atoms with van der Waals surface area (Å²) in [6, 6.07) is 34.7. The van der Waals surface area contributed by atoms with E-state index in [0.717, 1.165) is 100 Å². The van der Waals surface area contributed by atoms with Crippen LogP contribution in [0.15, 0.2) is 121 Å². The summed E-state index contributed by atoms with van der Waals surface area (Å²) >= 11 is 27.7. The number of amides is 1. The molecule has 18 heteroatoms. The van der Waals surface area contributed by atoms with Crippen LogP contribution in [0.3, 0.4) is 0 Å². The van der Waals surface area contributed by atoms with Gasteiger partial charge < -0.3 is 34.8 Å². The first-order valence-corrected chi connectivity index (χ1v) is 27.6. The molecule has 404 valence electrons. The fraction of sp³-hybridized carbons (Fsp3) is 0.200. The van der Waals surface area contributed by atoms with Crippen molar-refractivity contribution in [2.45, 2.75) is 66.6 Å². The van der Waals surface area contributed by atoms with E-state index in [2.05, 4.69) is 32.7 Å². The Morgan fingerprint density at radius 2 is 1.05 bits per heavy atom. The van der Waals surface area contributed by atoms with Crippen LogP contribution in [0.25, 0.3) is 44.4 Å². The fourth-order valence-electron chi connectivity index (χ4n) is 9.16. The molecule has 10 rings (SSSR count). The molecule has 2 aliphatic heterocycles. The first kappa shape index (κ1) is 59.3. The number of ether oxygens (including phenoxy) is 2. The summed E-state index contributed by atoms with van der Waals surface area (Å²) in [5, 5.41) is 14.1. The number of aliphatic carboxylic acids is 1. The van der Waals surface area contributed by atoms with E-state index in [1.54, 1.807) is 26.0 Å². The Balaban J connectivity index is 0.000000186. The van der Waals surface area contributed by atoms with Gasteiger partial charge in [-0.15, -0.1) is 35.1 Å². The number of nitrogens with zero attached hydrogens (tertiary/aromatic N) is 2. The van der Waals surface area contributed by atoms with Gasteiger partial charge in [-0.2, -0.15) is 0 Å². The maximum Gasteiger partial charge on any atom is 0.328 e. The topological polar surface area (TPSA) is 155 Å². The van der Waals surface area contributed by atoms with Crippen molar-refractivity contribution >= 4 is 117 Å². The van der Waals surface area contributed by atoms with E-state index in [9.17, 15) is 19.2 Å². The molecule has 1 amide bonds. The van der Waals surface area contributed by atoms with Crippen LogP contribution < -0.4 is 20.5 Å². The molecule has 0 aliphatic carbocycles. The molecule has 2 atom stereocenters. The Labute approximate surface area is 487 Å². The Hall–Kier alpha value is -6.39. The van der Waals surface area contributed by atoms with Crippen LogP contribution in [0.5, 0.6) is 11.5 Å². The zero-order chi connectivity index (χ0) is 55.2. The minimum atomic E-state index is -0.948. The Morgan fingerprint density at radius 3 is 1.46 bits per heavy atom. The highest BCUT2D eigenvalue weighted by atomic mass is 35.5. The molecule has 4 N–H and O–H groups in total. The quantitative estimate of drug-likeness (QED) is 0.0761. The van der Waals surface area contributed by atoms with Crippen molar-refractivity contribution in [1.82, 2.24) is 14.5 Å². The van der Waals surface area contributed by atoms with Crippen LogP contribution >= 0.6 is 81.5 Å². The van der Waals surface area contributed by atoms with E-state index < -0.39 is 5.97 Å². The van der Waals surface area contributed by atoms with Gasteiger partial charge in [-0.05, 0) is 185 Å². The number of carboxylic acids is 1. The molecule has 0 radical (unpaired) electrons. The van der Waals surface area contributed by atoms with E-state index in [0.29, 0.717) is 50.2 Å². The zero-order valence-electron chi connectivity index (χ0n) is 43.3. The van der Waals surface area contributed by atoms with Crippen LogP contribution in [-0.4, -0.2) is 63.0 Å². The van der Waals surface area contributed by atoms with Gasteiger partial charge >= 0.3 is 5.97 Å². The molecule has 8 aromatic rings. The summed E-state index contributed by atoms with van der Waals surface area (Å²) < 4.78 is 16.0. The summed E-state index contributed by atoms with van der Waals surface area (Å²) in [5.74, 6) is 0.392. The number of thiophene rings is 2. The number of hydrogen-bond acceptors (Lipinski definition) is 9. The number of hydrogen-bond donors (Lipinski definition) is 3. The molecule has 0 fully saturated rings. The van der Waals surface area contributed by atoms with Gasteiger partial charge in [0.05, 0.1) is 26.3 Å². The molecule has 11 nitrogen and oxygen atoms in total. The molecule has 0 bridgehead atoms. The van der Waals surface area contributed by atoms with E-state index in [1.807, 2.05) is 125 Å². The predicted molar refractivity (Wildman–Crippen MR) is 321 cm³/mol. The second-order valence-corrected chi connectivity index (χ2v) is 22.3. The third-order valence-corrected chi connectivity index (χ3v) is 16.4. The molecule has 4 aromatic carbocycles. The SMILES string of the molecule is CC(=O)c1ccc(-c2cc(Cl)c3c(c2)CC(CN)O3)s1.CC(=O)c1ccc(-c2cc(Cl)c3c(c2)CC(CNC(=O)/C=C/c2cc(C)n(-c4ccc(Cl)cc4)c2C)O3)s1.Cc1cc(/C=C/C(=O)O)c(C)n1-c1ccc(Cl)cc1.Cl. The number of Topliss-reactive ketones (excluding diaryl/α,β-unsaturated/α-hetero) is 2. The minimum absolute atomic E-state index is 0. The molecule has 0 saturated carbocycles. The van der Waals surface area contributed by atoms with Gasteiger partial charge in [-0.3, -0.25) is 14.4 Å². The van der Waals surface area contributed by atoms with E-state index in [1.165, 1.54) is 22.7 Å². The highest BCUT2D eigenvalue weighted by molar-refractivity contribution is 7.17. The lowest BCUT2D eigenvalue weighted by Crippen LogP contribution is -2.33. The second kappa shape index (κ2) is 26.0. The highest BCUT2D eigenvalue weighted by Crippen LogP contribution is 2.43. The van der Waals surface area contributed by atoms with Gasteiger partial charge in [0.2, 0.25) is 5.91 Å². The van der Waals surface area contributed by atoms with Crippen LogP contribution in [0.4, 0.5) is 0 Å². The highest BCUT2D eigenvalue weighted by Gasteiger charge is 2.28. The molecule has 6 heterocycles. The smallest absolute Gasteiger partial charge is 0.328 e. The number of nitrogens with one attached hydrogen (secondary N) is 1. The lowest BCUT2D eigenvalue weighted by atomic mass is 10.1. The van der Waals surface area contributed by atoms with Crippen molar-refractivity contribution in [3.8, 4) is 43.8 Å². The molecule has 2 aliphatic rings. The van der Waals surface area contributed by atoms with Crippen LogP contribution in [0.1, 0.15) is 78.2 Å². The Bertz CT molecular complexity index is 3590. The molecule has 4 aromatic heterocycles. The first-order chi connectivity index (χ1) is 36.8. The number of carbonyl (C=O) groups is 4. The lowest BCUT2D eigenvalue weighted by molar-refractivity contribution is -0.131. The van der Waals surface area contributed by atoms with Crippen molar-refractivity contribution in [3.63, 3.8) is 0 Å². The van der Waals surface area contributed by atoms with Gasteiger partial charge in [0.15, 0.2) is 11.6 Å². The standard InChI is InChI=1S/C30H26Cl2N2O3S.C15H14ClNO2S.C15H14ClNO2.ClH/c1-17-12-20(18(2)34(17)24-7-5-23(31)6-8-24)4-11-29(36)33-16-25-14-22-13-21(15-26(32)30(22)37-25)28-10-9-27(38-28)19(3)35;1-8(18)13-2-3-14(20-13)9-4-10-5-11(7-17)19-15(10)12(16)6-9;1-10-9-12(3-8-15(18)19)11(2)17(10)14-6-4-13(16)5-7-14;/h4-13,15,25H,14,16H2,1-3H3,(H,33,36);2-4,6,11H,5,7,17H2,1H3;3-9H,1-2H3,(H,18,19);1H/b11-4+;;8-3+;. The largest absolute Gasteiger partial charge is 0.487 e. The number of aryl methyl sites for hydroxylation is 2. The summed E-state index contributed by atoms with van der Waals surface area (Å²) in [7, 11) is 0. The maximum atomic E-state index is 12.6. The second-order valence-electron chi connectivity index (χ2n) is 18.5. The molecule has 78 heavy (non-hydrogen) atoms. The Kier molecular flexibility index (Phi) is 19.8. The average Bonchev–Trinajstić information content (AvgIpc) is 4.30. The number of fused-ring (bicyclic) bond motifs is 2. The number of carboxylic acid groups (broad SMARTS) is 1. The first-order valence-electron chi connectivity index (χ1n) is 24.4. The van der Waals surface area contributed by atoms with E-state index in [-0.39, 0.29) is 42.1 Å². The monoisotopic (exact) mass is 1180 g/mol. The summed E-state index contributed by atoms with van der Waals surface area (Å²) in [4.78, 5) is 49.7. The summed E-state index contributed by atoms with van der Waals surface area (Å²) in [5.41, 5.74) is 17.7. The van der Waals surface area contributed by atoms with Gasteiger partial charge in [0.1, 0.15) is 23.7 Å². The molecular weight excluding hydrogens is 1130 g/mol. The van der Waals surface area contributed by atoms with Gasteiger partial charge in [-0.1, -0.05) is 46.4 Å². The summed E-state index contributed by atoms with van der Waals surface area (Å²) in [6.45, 7) is 12.0. The molecule has 0 saturated heterocycles. The van der Waals surface area contributed by atoms with E-state index in [4.69, 9.17) is 66.7 Å². The van der Waals surface area contributed by atoms with Crippen molar-refractivity contribution in [3.05, 3.63) is 196 Å². The van der Waals surface area contributed by atoms with Gasteiger partial charge in [-0.25, -0.2) is 4.79 Å². The van der Waals surface area contributed by atoms with Crippen molar-refractivity contribution in [2.24, 2.45) is 5.73 Å². The van der Waals surface area contributed by atoms with Crippen molar-refractivity contribution < 1.29 is 33.8 Å². The van der Waals surface area contributed by atoms with Crippen LogP contribution in [0, 0.1) is 27.7 Å². The van der Waals surface area contributed by atoms with Gasteiger partial charge in [0.25, 0.3) is 0 Å². The number of halogens is 5. The minimum Gasteiger partial charge on any atom is -0.487 e. The number of benzene rings is 4. The number of nitrogens with two attached hydrogens (primary N) is 1. The number of ketones is 2. The lowest BCUT2D eigenvalue weighted by Gasteiger charge is -2.11. The fourth-order valence-corrected chi connectivity index (χ4v) is 11.8. The molecule has 0 spiro atoms. The third kappa shape index (κ3) is 14.1. The third-order valence-electron chi connectivity index (χ3n) is 12.9. The molecular formula is C60H55Cl5N4O7S2. The number of aromatic nitrogens is 2. The number of carbonyl (C=O) groups excluding carboxylic acids is 3. The summed E-state index contributed by atoms with van der Waals surface area (Å²) in [6.07, 6.45) is 7.35. The van der Waals surface area contributed by atoms with Crippen molar-refractivity contribution in [2.75, 3.05) is 13.1 Å². The molecule has 2 unspecified atom stereocenters. The van der Waals surface area contributed by atoms with Crippen molar-refractivity contribution in [1.29, 1.82) is 0 Å². The normalized spacial score (nSPS) is 14.1. The maximum absolute atomic E-state index is 12.6. The van der Waals surface area contributed by atoms with Crippen LogP contribution in [-0.2, 0) is 22.4 Å². The Morgan fingerprint density at radius 1 is 0.628 bits per heavy atom. The predicted octanol–water partition coefficient (Wildman–Crippen LogP) is 15.3. The average molecular weight is 1190 g/mol. The number of rotatable bonds is 13. The zero-order valence-corrected chi connectivity index (χ0v) is 48.8.